The van der Waals surface area contributed by atoms with Crippen LogP contribution >= 0.6 is 11.8 Å². The van der Waals surface area contributed by atoms with E-state index in [4.69, 9.17) is 23.7 Å². The molecule has 214 valence electrons. The van der Waals surface area contributed by atoms with Crippen LogP contribution in [-0.4, -0.2) is 90.7 Å². The van der Waals surface area contributed by atoms with Gasteiger partial charge in [-0.2, -0.15) is 5.10 Å². The van der Waals surface area contributed by atoms with Gasteiger partial charge in [0, 0.05) is 27.5 Å². The average Bonchev–Trinajstić information content (AvgIpc) is 3.20. The minimum absolute atomic E-state index is 0.0228. The summed E-state index contributed by atoms with van der Waals surface area (Å²) in [5, 5.41) is 11.6. The van der Waals surface area contributed by atoms with E-state index in [1.54, 1.807) is 11.8 Å². The number of rotatable bonds is 18. The van der Waals surface area contributed by atoms with E-state index in [1.807, 2.05) is 19.9 Å². The summed E-state index contributed by atoms with van der Waals surface area (Å²) in [5.41, 5.74) is 2.83. The predicted octanol–water partition coefficient (Wildman–Crippen LogP) is 4.25. The molecule has 0 aliphatic heterocycles. The zero-order valence-corrected chi connectivity index (χ0v) is 24.2. The van der Waals surface area contributed by atoms with E-state index in [0.717, 1.165) is 38.6 Å². The molecule has 0 aliphatic rings. The van der Waals surface area contributed by atoms with Crippen molar-refractivity contribution in [1.82, 2.24) is 20.2 Å². The summed E-state index contributed by atoms with van der Waals surface area (Å²) >= 11 is 1.73. The minimum Gasteiger partial charge on any atom is -0.490 e. The summed E-state index contributed by atoms with van der Waals surface area (Å²) < 4.78 is 27.6. The Labute approximate surface area is 233 Å². The van der Waals surface area contributed by atoms with Crippen LogP contribution in [0.1, 0.15) is 32.0 Å². The van der Waals surface area contributed by atoms with Gasteiger partial charge in [-0.05, 0) is 19.9 Å². The van der Waals surface area contributed by atoms with E-state index in [1.165, 1.54) is 6.33 Å². The van der Waals surface area contributed by atoms with E-state index < -0.39 is 0 Å². The fourth-order valence-corrected chi connectivity index (χ4v) is 4.46. The molecular formula is C27H39N5O6S. The van der Waals surface area contributed by atoms with Crippen molar-refractivity contribution >= 4 is 40.6 Å². The Balaban J connectivity index is 1.51. The van der Waals surface area contributed by atoms with Gasteiger partial charge in [0.2, 0.25) is 0 Å². The zero-order chi connectivity index (χ0) is 28.1. The molecule has 0 amide bonds. The number of nitrogens with one attached hydrogen (secondary N) is 2. The predicted molar refractivity (Wildman–Crippen MR) is 151 cm³/mol. The molecule has 2 N–H and O–H groups in total. The van der Waals surface area contributed by atoms with Crippen LogP contribution in [0.25, 0.3) is 10.9 Å². The first-order chi connectivity index (χ1) is 18.8. The fraction of sp³-hybridized carbons (Fsp3) is 0.556. The zero-order valence-electron chi connectivity index (χ0n) is 23.4. The van der Waals surface area contributed by atoms with Gasteiger partial charge in [0.05, 0.1) is 56.7 Å². The van der Waals surface area contributed by atoms with Gasteiger partial charge in [-0.25, -0.2) is 9.97 Å². The Kier molecular flexibility index (Phi) is 12.4. The Morgan fingerprint density at radius 1 is 0.897 bits per heavy atom. The van der Waals surface area contributed by atoms with Crippen molar-refractivity contribution in [2.24, 2.45) is 0 Å². The second-order valence-corrected chi connectivity index (χ2v) is 11.5. The number of fused-ring (bicyclic) bond motifs is 1. The number of thioether (sulfide) groups is 1. The molecule has 0 fully saturated rings. The van der Waals surface area contributed by atoms with Crippen LogP contribution in [-0.2, 0) is 23.7 Å². The molecule has 1 aromatic carbocycles. The number of aryl methyl sites for hydroxylation is 1. The van der Waals surface area contributed by atoms with Crippen molar-refractivity contribution in [3.63, 3.8) is 0 Å². The number of carbonyl (C=O) groups is 1. The molecule has 3 rings (SSSR count). The maximum atomic E-state index is 10.1. The molecule has 12 heteroatoms. The molecular weight excluding hydrogens is 522 g/mol. The van der Waals surface area contributed by atoms with Crippen molar-refractivity contribution in [1.29, 1.82) is 0 Å². The van der Waals surface area contributed by atoms with E-state index >= 15 is 0 Å². The lowest BCUT2D eigenvalue weighted by atomic mass is 10.2. The number of aromatic nitrogens is 4. The van der Waals surface area contributed by atoms with Gasteiger partial charge < -0.3 is 33.8 Å². The van der Waals surface area contributed by atoms with Gasteiger partial charge in [-0.15, -0.1) is 11.8 Å². The van der Waals surface area contributed by atoms with Crippen LogP contribution in [0.2, 0.25) is 0 Å². The lowest BCUT2D eigenvalue weighted by Crippen LogP contribution is -2.14. The minimum atomic E-state index is -0.0228. The van der Waals surface area contributed by atoms with Gasteiger partial charge in [0.15, 0.2) is 5.82 Å². The number of aldehydes is 1. The molecule has 2 heterocycles. The van der Waals surface area contributed by atoms with E-state index in [2.05, 4.69) is 52.3 Å². The highest BCUT2D eigenvalue weighted by atomic mass is 32.2. The van der Waals surface area contributed by atoms with Gasteiger partial charge in [-0.1, -0.05) is 20.8 Å². The van der Waals surface area contributed by atoms with Crippen molar-refractivity contribution in [3.05, 3.63) is 29.7 Å². The van der Waals surface area contributed by atoms with Gasteiger partial charge in [-0.3, -0.25) is 5.10 Å². The average molecular weight is 562 g/mol. The molecule has 0 spiro atoms. The third kappa shape index (κ3) is 10.4. The lowest BCUT2D eigenvalue weighted by molar-refractivity contribution is -0.112. The molecule has 0 saturated heterocycles. The number of hydrogen-bond donors (Lipinski definition) is 2. The van der Waals surface area contributed by atoms with E-state index in [0.29, 0.717) is 65.0 Å². The second-order valence-electron chi connectivity index (χ2n) is 9.63. The summed E-state index contributed by atoms with van der Waals surface area (Å²) in [6.07, 6.45) is 2.25. The maximum Gasteiger partial charge on any atom is 0.156 e. The summed E-state index contributed by atoms with van der Waals surface area (Å²) in [5.74, 6) is 2.19. The van der Waals surface area contributed by atoms with Crippen molar-refractivity contribution in [2.75, 3.05) is 64.8 Å². The quantitative estimate of drug-likeness (QED) is 0.131. The largest absolute Gasteiger partial charge is 0.490 e. The van der Waals surface area contributed by atoms with Crippen LogP contribution in [0.3, 0.4) is 0 Å². The number of H-pyrrole nitrogens is 1. The fourth-order valence-electron chi connectivity index (χ4n) is 3.41. The number of carbonyl (C=O) groups excluding carboxylic acids is 1. The van der Waals surface area contributed by atoms with Crippen molar-refractivity contribution < 1.29 is 28.5 Å². The summed E-state index contributed by atoms with van der Waals surface area (Å²) in [4.78, 5) is 20.1. The molecule has 39 heavy (non-hydrogen) atoms. The van der Waals surface area contributed by atoms with Crippen LogP contribution < -0.4 is 10.1 Å². The number of aromatic amines is 1. The molecule has 0 saturated carbocycles. The van der Waals surface area contributed by atoms with E-state index in [-0.39, 0.29) is 11.4 Å². The second kappa shape index (κ2) is 15.7. The van der Waals surface area contributed by atoms with Crippen LogP contribution in [0, 0.1) is 13.8 Å². The Morgan fingerprint density at radius 3 is 2.13 bits per heavy atom. The van der Waals surface area contributed by atoms with Gasteiger partial charge in [0.1, 0.15) is 37.4 Å². The number of nitrogens with zero attached hydrogens (tertiary/aromatic N) is 3. The van der Waals surface area contributed by atoms with Crippen LogP contribution in [0.15, 0.2) is 23.4 Å². The van der Waals surface area contributed by atoms with Crippen LogP contribution in [0.4, 0.5) is 11.6 Å². The Hall–Kier alpha value is -2.77. The van der Waals surface area contributed by atoms with Crippen molar-refractivity contribution in [3.8, 4) is 5.75 Å². The number of hydrogen-bond acceptors (Lipinski definition) is 11. The first-order valence-electron chi connectivity index (χ1n) is 12.9. The molecule has 11 nitrogen and oxygen atoms in total. The molecule has 0 aliphatic carbocycles. The Bertz CT molecular complexity index is 1180. The van der Waals surface area contributed by atoms with Crippen molar-refractivity contribution in [2.45, 2.75) is 44.3 Å². The monoisotopic (exact) mass is 561 g/mol. The standard InChI is InChI=1S/C27H39N5O6S/c1-19-20(2)31-32-25(19)30-26-21-16-24(39-27(3,4)5)23(17-22(21)28-18-29-26)38-15-14-37-13-12-36-11-10-35-9-8-34-7-6-33/h6,16-18H,7-15H2,1-5H3,(H2,28,29,30,31,32). The molecule has 0 bridgehead atoms. The Morgan fingerprint density at radius 2 is 1.54 bits per heavy atom. The molecule has 0 unspecified atom stereocenters. The molecule has 0 atom stereocenters. The topological polar surface area (TPSA) is 130 Å². The SMILES string of the molecule is Cc1[nH]nc(Nc2ncnc3cc(OCCOCCOCCOCCOCC=O)c(SC(C)(C)C)cc23)c1C. The van der Waals surface area contributed by atoms with Gasteiger partial charge >= 0.3 is 0 Å². The summed E-state index contributed by atoms with van der Waals surface area (Å²) in [6, 6.07) is 4.02. The highest BCUT2D eigenvalue weighted by molar-refractivity contribution is 8.00. The third-order valence-corrected chi connectivity index (χ3v) is 6.55. The molecule has 0 radical (unpaired) electrons. The highest BCUT2D eigenvalue weighted by Crippen LogP contribution is 2.41. The first kappa shape index (κ1) is 30.8. The highest BCUT2D eigenvalue weighted by Gasteiger charge is 2.19. The molecule has 3 aromatic rings. The normalized spacial score (nSPS) is 11.7. The molecule has 2 aromatic heterocycles. The number of anilines is 2. The summed E-state index contributed by atoms with van der Waals surface area (Å²) in [6.45, 7) is 14.1. The summed E-state index contributed by atoms with van der Waals surface area (Å²) in [7, 11) is 0. The first-order valence-corrected chi connectivity index (χ1v) is 13.7. The number of ether oxygens (including phenoxy) is 5. The van der Waals surface area contributed by atoms with Gasteiger partial charge in [0.25, 0.3) is 0 Å². The van der Waals surface area contributed by atoms with E-state index in [9.17, 15) is 4.79 Å². The smallest absolute Gasteiger partial charge is 0.156 e. The lowest BCUT2D eigenvalue weighted by Gasteiger charge is -2.21. The number of benzene rings is 1. The maximum absolute atomic E-state index is 10.1. The van der Waals surface area contributed by atoms with Crippen LogP contribution in [0.5, 0.6) is 5.75 Å². The third-order valence-electron chi connectivity index (χ3n) is 5.39.